The molecule has 1 amide bonds. The summed E-state index contributed by atoms with van der Waals surface area (Å²) in [6.45, 7) is 0.614. The van der Waals surface area contributed by atoms with Gasteiger partial charge in [-0.15, -0.1) is 0 Å². The summed E-state index contributed by atoms with van der Waals surface area (Å²) in [5.41, 5.74) is 4.50. The Kier molecular flexibility index (Phi) is 6.05. The molecule has 38 heavy (non-hydrogen) atoms. The number of benzene rings is 3. The topological polar surface area (TPSA) is 110 Å². The normalized spacial score (nSPS) is 14.3. The van der Waals surface area contributed by atoms with E-state index in [0.29, 0.717) is 40.6 Å². The second-order valence-corrected chi connectivity index (χ2v) is 9.01. The van der Waals surface area contributed by atoms with E-state index in [1.165, 1.54) is 0 Å². The van der Waals surface area contributed by atoms with Crippen LogP contribution in [0, 0.1) is 0 Å². The fraction of sp³-hybridized carbons (Fsp3) is 0.107. The molecule has 0 saturated carbocycles. The first kappa shape index (κ1) is 23.4. The molecule has 9 nitrogen and oxygen atoms in total. The summed E-state index contributed by atoms with van der Waals surface area (Å²) in [5, 5.41) is 21.2. The number of aromatic nitrogens is 3. The molecular weight excluding hydrogens is 481 g/mol. The number of ether oxygens (including phenoxy) is 2. The van der Waals surface area contributed by atoms with Gasteiger partial charge in [-0.25, -0.2) is 4.98 Å². The molecule has 188 valence electrons. The Morgan fingerprint density at radius 3 is 2.74 bits per heavy atom. The number of amides is 1. The smallest absolute Gasteiger partial charge is 0.269 e. The summed E-state index contributed by atoms with van der Waals surface area (Å²) in [7, 11) is 1.94. The number of para-hydroxylation sites is 3. The number of phenolic OH excluding ortho intramolecular Hbond substituents is 1. The molecule has 1 unspecified atom stereocenters. The lowest BCUT2D eigenvalue weighted by molar-refractivity contribution is -0.125. The third-order valence-electron chi connectivity index (χ3n) is 6.30. The summed E-state index contributed by atoms with van der Waals surface area (Å²) in [5.74, 6) is 1.79. The zero-order valence-corrected chi connectivity index (χ0v) is 20.6. The number of anilines is 2. The van der Waals surface area contributed by atoms with Crippen LogP contribution in [-0.4, -0.2) is 46.2 Å². The third kappa shape index (κ3) is 4.59. The first-order chi connectivity index (χ1) is 18.5. The number of carbonyl (C=O) groups excluding carboxylic acids is 1. The van der Waals surface area contributed by atoms with Gasteiger partial charge in [0.15, 0.2) is 17.1 Å². The Balaban J connectivity index is 1.19. The number of fused-ring (bicyclic) bond motifs is 2. The molecule has 3 N–H and O–H groups in total. The second-order valence-electron chi connectivity index (χ2n) is 9.01. The molecule has 10 heteroatoms. The van der Waals surface area contributed by atoms with E-state index in [0.717, 1.165) is 16.8 Å². The van der Waals surface area contributed by atoms with Crippen LogP contribution < -0.4 is 25.6 Å². The van der Waals surface area contributed by atoms with Crippen molar-refractivity contribution in [2.75, 3.05) is 17.2 Å². The lowest BCUT2D eigenvalue weighted by Crippen LogP contribution is -2.40. The zero-order chi connectivity index (χ0) is 26.1. The van der Waals surface area contributed by atoms with Crippen LogP contribution in [-0.2, 0) is 11.3 Å². The van der Waals surface area contributed by atoms with Crippen LogP contribution in [0.25, 0.3) is 16.9 Å². The molecule has 0 bridgehead atoms. The Hall–Kier alpha value is -4.99. The fourth-order valence-corrected chi connectivity index (χ4v) is 4.35. The number of rotatable bonds is 6. The maximum Gasteiger partial charge on any atom is 0.269 e. The van der Waals surface area contributed by atoms with E-state index in [1.54, 1.807) is 28.9 Å². The van der Waals surface area contributed by atoms with Gasteiger partial charge >= 0.3 is 0 Å². The molecule has 5 aromatic rings. The van der Waals surface area contributed by atoms with Gasteiger partial charge in [0.05, 0.1) is 5.69 Å². The highest BCUT2D eigenvalue weighted by atomic mass is 16.6. The Morgan fingerprint density at radius 1 is 1.05 bits per heavy atom. The number of phenols is 1. The van der Waals surface area contributed by atoms with Crippen molar-refractivity contribution in [3.8, 4) is 28.5 Å². The van der Waals surface area contributed by atoms with Gasteiger partial charge in [-0.05, 0) is 47.4 Å². The number of nitrogens with one attached hydrogen (secondary N) is 2. The van der Waals surface area contributed by atoms with Crippen LogP contribution in [0.4, 0.5) is 11.5 Å². The van der Waals surface area contributed by atoms with Crippen molar-refractivity contribution in [3.05, 3.63) is 90.6 Å². The van der Waals surface area contributed by atoms with Crippen molar-refractivity contribution in [1.29, 1.82) is 0 Å². The number of hydrogen-bond donors (Lipinski definition) is 3. The molecule has 0 spiro atoms. The molecule has 2 aromatic heterocycles. The third-order valence-corrected chi connectivity index (χ3v) is 6.30. The maximum atomic E-state index is 12.8. The molecule has 6 rings (SSSR count). The van der Waals surface area contributed by atoms with Gasteiger partial charge in [-0.2, -0.15) is 9.61 Å². The van der Waals surface area contributed by atoms with E-state index in [1.807, 2.05) is 68.5 Å². The van der Waals surface area contributed by atoms with Crippen molar-refractivity contribution in [1.82, 2.24) is 14.6 Å². The zero-order valence-electron chi connectivity index (χ0n) is 20.6. The predicted molar refractivity (Wildman–Crippen MR) is 147 cm³/mol. The molecule has 0 radical (unpaired) electrons. The molecule has 0 saturated heterocycles. The average molecular weight is 505 g/mol. The largest absolute Gasteiger partial charge is 0.507 e. The minimum absolute atomic E-state index is 0.144. The highest BCUT2D eigenvalue weighted by Crippen LogP contribution is 2.31. The monoisotopic (exact) mass is 505 g/mol. The summed E-state index contributed by atoms with van der Waals surface area (Å²) >= 11 is 0. The van der Waals surface area contributed by atoms with Crippen LogP contribution in [0.1, 0.15) is 5.56 Å². The van der Waals surface area contributed by atoms with Crippen molar-refractivity contribution < 1.29 is 19.4 Å². The number of nitrogens with zero attached hydrogens (tertiary/aromatic N) is 3. The van der Waals surface area contributed by atoms with Crippen LogP contribution >= 0.6 is 0 Å². The van der Waals surface area contributed by atoms with Gasteiger partial charge in [0, 0.05) is 30.1 Å². The summed E-state index contributed by atoms with van der Waals surface area (Å²) < 4.78 is 13.2. The Labute approximate surface area is 219 Å². The second kappa shape index (κ2) is 9.81. The van der Waals surface area contributed by atoms with Crippen LogP contribution in [0.2, 0.25) is 0 Å². The van der Waals surface area contributed by atoms with Crippen molar-refractivity contribution in [3.63, 3.8) is 0 Å². The molecule has 3 aromatic carbocycles. The predicted octanol–water partition coefficient (Wildman–Crippen LogP) is 2.75. The van der Waals surface area contributed by atoms with Crippen LogP contribution in [0.3, 0.4) is 0 Å². The highest BCUT2D eigenvalue weighted by Gasteiger charge is 2.27. The standard InChI is InChI=1S/C28H24BN5O4/c29-20-15-31-34-26(13-21(33-27(20)34)19-8-1-2-9-22(19)35)30-14-17-6-5-7-18(12-17)32-28(36)25-16-37-23-10-3-4-11-24(23)38-25/h1-13,15,25,30,35H,14,16,29H2,(H,32,36). The number of carbonyl (C=O) groups is 1. The van der Waals surface area contributed by atoms with Crippen LogP contribution in [0.15, 0.2) is 85.1 Å². The Morgan fingerprint density at radius 2 is 1.87 bits per heavy atom. The van der Waals surface area contributed by atoms with Crippen molar-refractivity contribution >= 4 is 36.4 Å². The molecule has 0 aliphatic carbocycles. The van der Waals surface area contributed by atoms with Gasteiger partial charge in [0.2, 0.25) is 6.10 Å². The lowest BCUT2D eigenvalue weighted by atomic mass is 10.0. The van der Waals surface area contributed by atoms with E-state index in [-0.39, 0.29) is 18.3 Å². The van der Waals surface area contributed by atoms with E-state index in [2.05, 4.69) is 15.7 Å². The maximum absolute atomic E-state index is 12.8. The Bertz CT molecular complexity index is 1650. The first-order valence-electron chi connectivity index (χ1n) is 12.2. The summed E-state index contributed by atoms with van der Waals surface area (Å²) in [4.78, 5) is 17.6. The number of hydrogen-bond acceptors (Lipinski definition) is 7. The van der Waals surface area contributed by atoms with Crippen molar-refractivity contribution in [2.24, 2.45) is 0 Å². The molecular formula is C28H24BN5O4. The van der Waals surface area contributed by atoms with Gasteiger partial charge in [0.25, 0.3) is 5.91 Å². The highest BCUT2D eigenvalue weighted by molar-refractivity contribution is 6.36. The molecule has 1 aliphatic rings. The average Bonchev–Trinajstić information content (AvgIpc) is 3.32. The minimum Gasteiger partial charge on any atom is -0.507 e. The van der Waals surface area contributed by atoms with Crippen molar-refractivity contribution in [2.45, 2.75) is 12.6 Å². The van der Waals surface area contributed by atoms with E-state index < -0.39 is 6.10 Å². The molecule has 1 aliphatic heterocycles. The quantitative estimate of drug-likeness (QED) is 0.305. The molecule has 0 fully saturated rings. The lowest BCUT2D eigenvalue weighted by Gasteiger charge is -2.25. The summed E-state index contributed by atoms with van der Waals surface area (Å²) in [6.07, 6.45) is 1.01. The van der Waals surface area contributed by atoms with E-state index >= 15 is 0 Å². The SMILES string of the molecule is Bc1cnn2c(NCc3cccc(NC(=O)C4COc5ccccc5O4)c3)cc(-c3ccccc3O)nc12. The van der Waals surface area contributed by atoms with Gasteiger partial charge < -0.3 is 25.2 Å². The van der Waals surface area contributed by atoms with Gasteiger partial charge in [-0.3, -0.25) is 4.79 Å². The fourth-order valence-electron chi connectivity index (χ4n) is 4.35. The summed E-state index contributed by atoms with van der Waals surface area (Å²) in [6, 6.07) is 23.8. The van der Waals surface area contributed by atoms with Gasteiger partial charge in [0.1, 0.15) is 26.0 Å². The minimum atomic E-state index is -0.743. The number of aromatic hydroxyl groups is 1. The van der Waals surface area contributed by atoms with E-state index in [4.69, 9.17) is 14.5 Å². The first-order valence-corrected chi connectivity index (χ1v) is 12.2. The van der Waals surface area contributed by atoms with Gasteiger partial charge in [-0.1, -0.05) is 36.4 Å². The molecule has 3 heterocycles. The van der Waals surface area contributed by atoms with E-state index in [9.17, 15) is 9.90 Å². The molecule has 1 atom stereocenters. The van der Waals surface area contributed by atoms with Crippen LogP contribution in [0.5, 0.6) is 17.2 Å².